The van der Waals surface area contributed by atoms with Gasteiger partial charge in [0.2, 0.25) is 0 Å². The van der Waals surface area contributed by atoms with Gasteiger partial charge >= 0.3 is 0 Å². The van der Waals surface area contributed by atoms with E-state index in [1.165, 1.54) is 0 Å². The quantitative estimate of drug-likeness (QED) is 0.748. The highest BCUT2D eigenvalue weighted by atomic mass is 16.5. The molecule has 6 nitrogen and oxygen atoms in total. The molecular formula is C13H12N4O2. The van der Waals surface area contributed by atoms with Crippen LogP contribution in [0.1, 0.15) is 21.9 Å². The summed E-state index contributed by atoms with van der Waals surface area (Å²) in [5.74, 6) is 0.372. The highest BCUT2D eigenvalue weighted by Crippen LogP contribution is 2.14. The van der Waals surface area contributed by atoms with E-state index in [-0.39, 0.29) is 5.91 Å². The summed E-state index contributed by atoms with van der Waals surface area (Å²) < 4.78 is 5.03. The van der Waals surface area contributed by atoms with E-state index in [4.69, 9.17) is 4.52 Å². The first-order valence-electron chi connectivity index (χ1n) is 5.87. The lowest BCUT2D eigenvalue weighted by Gasteiger charge is -1.99. The number of aromatic amines is 1. The highest BCUT2D eigenvalue weighted by Gasteiger charge is 2.13. The summed E-state index contributed by atoms with van der Waals surface area (Å²) in [5, 5.41) is 14.2. The van der Waals surface area contributed by atoms with Gasteiger partial charge < -0.3 is 9.84 Å². The van der Waals surface area contributed by atoms with Crippen LogP contribution in [0, 0.1) is 6.92 Å². The molecule has 0 radical (unpaired) electrons. The predicted octanol–water partition coefficient (Wildman–Crippen LogP) is 1.79. The first kappa shape index (κ1) is 11.5. The fourth-order valence-corrected chi connectivity index (χ4v) is 1.89. The van der Waals surface area contributed by atoms with Crippen LogP contribution < -0.4 is 5.32 Å². The first-order valence-corrected chi connectivity index (χ1v) is 5.87. The van der Waals surface area contributed by atoms with Gasteiger partial charge in [0.15, 0.2) is 11.5 Å². The first-order chi connectivity index (χ1) is 9.24. The van der Waals surface area contributed by atoms with E-state index in [0.29, 0.717) is 18.0 Å². The van der Waals surface area contributed by atoms with Crippen LogP contribution in [0.15, 0.2) is 34.9 Å². The van der Waals surface area contributed by atoms with Gasteiger partial charge in [0.05, 0.1) is 17.8 Å². The normalized spacial score (nSPS) is 10.8. The molecule has 0 aliphatic carbocycles. The molecule has 3 aromatic rings. The van der Waals surface area contributed by atoms with Crippen LogP contribution in [0.3, 0.4) is 0 Å². The Bertz CT molecular complexity index is 729. The smallest absolute Gasteiger partial charge is 0.272 e. The van der Waals surface area contributed by atoms with Crippen LogP contribution in [0.25, 0.3) is 10.9 Å². The number of para-hydroxylation sites is 1. The van der Waals surface area contributed by atoms with Gasteiger partial charge in [-0.05, 0) is 13.0 Å². The van der Waals surface area contributed by atoms with Gasteiger partial charge in [0.25, 0.3) is 5.91 Å². The van der Waals surface area contributed by atoms with Crippen molar-refractivity contribution in [3.8, 4) is 0 Å². The van der Waals surface area contributed by atoms with Crippen molar-refractivity contribution in [1.29, 1.82) is 0 Å². The van der Waals surface area contributed by atoms with Crippen LogP contribution in [0.4, 0.5) is 0 Å². The predicted molar refractivity (Wildman–Crippen MR) is 68.5 cm³/mol. The van der Waals surface area contributed by atoms with E-state index in [1.54, 1.807) is 6.07 Å². The van der Waals surface area contributed by atoms with Crippen LogP contribution in [0.5, 0.6) is 0 Å². The number of fused-ring (bicyclic) bond motifs is 1. The number of nitrogens with one attached hydrogen (secondary N) is 2. The summed E-state index contributed by atoms with van der Waals surface area (Å²) in [5.41, 5.74) is 2.00. The number of aromatic nitrogens is 3. The van der Waals surface area contributed by atoms with Crippen molar-refractivity contribution >= 4 is 16.8 Å². The molecule has 0 saturated carbocycles. The second kappa shape index (κ2) is 4.56. The summed E-state index contributed by atoms with van der Waals surface area (Å²) in [6.45, 7) is 2.12. The zero-order valence-corrected chi connectivity index (χ0v) is 10.3. The molecule has 1 aromatic carbocycles. The molecular weight excluding hydrogens is 244 g/mol. The number of nitrogens with zero attached hydrogens (tertiary/aromatic N) is 2. The molecule has 2 aromatic heterocycles. The molecule has 0 aliphatic heterocycles. The Balaban J connectivity index is 1.77. The van der Waals surface area contributed by atoms with Gasteiger partial charge in [-0.15, -0.1) is 0 Å². The summed E-state index contributed by atoms with van der Waals surface area (Å²) in [4.78, 5) is 12.0. The summed E-state index contributed by atoms with van der Waals surface area (Å²) in [7, 11) is 0. The third-order valence-corrected chi connectivity index (χ3v) is 2.79. The minimum atomic E-state index is -0.244. The van der Waals surface area contributed by atoms with Crippen LogP contribution in [0.2, 0.25) is 0 Å². The van der Waals surface area contributed by atoms with E-state index >= 15 is 0 Å². The fourth-order valence-electron chi connectivity index (χ4n) is 1.89. The maximum atomic E-state index is 12.0. The number of benzene rings is 1. The third kappa shape index (κ3) is 2.20. The molecule has 0 atom stereocenters. The summed E-state index contributed by atoms with van der Waals surface area (Å²) in [6, 6.07) is 9.27. The molecule has 2 N–H and O–H groups in total. The number of rotatable bonds is 3. The SMILES string of the molecule is Cc1cc(CNC(=O)c2n[nH]c3ccccc23)on1. The molecule has 19 heavy (non-hydrogen) atoms. The van der Waals surface area contributed by atoms with Crippen molar-refractivity contribution < 1.29 is 9.32 Å². The Morgan fingerprint density at radius 2 is 2.26 bits per heavy atom. The van der Waals surface area contributed by atoms with Crippen LogP contribution in [-0.2, 0) is 6.54 Å². The Morgan fingerprint density at radius 1 is 1.42 bits per heavy atom. The number of hydrogen-bond acceptors (Lipinski definition) is 4. The lowest BCUT2D eigenvalue weighted by Crippen LogP contribution is -2.23. The maximum Gasteiger partial charge on any atom is 0.272 e. The van der Waals surface area contributed by atoms with Crippen molar-refractivity contribution in [3.05, 3.63) is 47.5 Å². The third-order valence-electron chi connectivity index (χ3n) is 2.79. The minimum Gasteiger partial charge on any atom is -0.359 e. The number of carbonyl (C=O) groups is 1. The van der Waals surface area contributed by atoms with E-state index in [9.17, 15) is 4.79 Å². The standard InChI is InChI=1S/C13H12N4O2/c1-8-6-9(19-17-8)7-14-13(18)12-10-4-2-3-5-11(10)15-16-12/h2-6H,7H2,1H3,(H,14,18)(H,15,16). The van der Waals surface area contributed by atoms with E-state index in [0.717, 1.165) is 16.6 Å². The highest BCUT2D eigenvalue weighted by molar-refractivity contribution is 6.04. The van der Waals surface area contributed by atoms with Gasteiger partial charge in [-0.2, -0.15) is 5.10 Å². The molecule has 6 heteroatoms. The lowest BCUT2D eigenvalue weighted by atomic mass is 10.2. The van der Waals surface area contributed by atoms with Gasteiger partial charge in [0.1, 0.15) is 0 Å². The average Bonchev–Trinajstić information content (AvgIpc) is 3.02. The number of carbonyl (C=O) groups excluding carboxylic acids is 1. The topological polar surface area (TPSA) is 83.8 Å². The van der Waals surface area contributed by atoms with Gasteiger partial charge in [-0.25, -0.2) is 0 Å². The van der Waals surface area contributed by atoms with Crippen molar-refractivity contribution in [2.45, 2.75) is 13.5 Å². The molecule has 0 unspecified atom stereocenters. The summed E-state index contributed by atoms with van der Waals surface area (Å²) >= 11 is 0. The molecule has 0 aliphatic rings. The van der Waals surface area contributed by atoms with Gasteiger partial charge in [-0.3, -0.25) is 9.89 Å². The van der Waals surface area contributed by atoms with Crippen molar-refractivity contribution in [2.24, 2.45) is 0 Å². The number of hydrogen-bond donors (Lipinski definition) is 2. The van der Waals surface area contributed by atoms with Crippen molar-refractivity contribution in [3.63, 3.8) is 0 Å². The number of aryl methyl sites for hydroxylation is 1. The molecule has 0 fully saturated rings. The number of H-pyrrole nitrogens is 1. The van der Waals surface area contributed by atoms with Gasteiger partial charge in [0, 0.05) is 11.5 Å². The lowest BCUT2D eigenvalue weighted by molar-refractivity contribution is 0.0943. The Labute approximate surface area is 108 Å². The average molecular weight is 256 g/mol. The molecule has 3 rings (SSSR count). The van der Waals surface area contributed by atoms with E-state index < -0.39 is 0 Å². The molecule has 1 amide bonds. The van der Waals surface area contributed by atoms with E-state index in [1.807, 2.05) is 31.2 Å². The summed E-state index contributed by atoms with van der Waals surface area (Å²) in [6.07, 6.45) is 0. The maximum absolute atomic E-state index is 12.0. The monoisotopic (exact) mass is 256 g/mol. The van der Waals surface area contributed by atoms with Crippen molar-refractivity contribution in [2.75, 3.05) is 0 Å². The van der Waals surface area contributed by atoms with Crippen LogP contribution in [-0.4, -0.2) is 21.3 Å². The Hall–Kier alpha value is -2.63. The minimum absolute atomic E-state index is 0.244. The second-order valence-corrected chi connectivity index (χ2v) is 4.24. The molecule has 0 saturated heterocycles. The largest absolute Gasteiger partial charge is 0.359 e. The molecule has 96 valence electrons. The second-order valence-electron chi connectivity index (χ2n) is 4.24. The van der Waals surface area contributed by atoms with Crippen molar-refractivity contribution in [1.82, 2.24) is 20.7 Å². The fraction of sp³-hybridized carbons (Fsp3) is 0.154. The molecule has 2 heterocycles. The molecule has 0 bridgehead atoms. The van der Waals surface area contributed by atoms with E-state index in [2.05, 4.69) is 20.7 Å². The van der Waals surface area contributed by atoms with Crippen LogP contribution >= 0.6 is 0 Å². The number of amides is 1. The Morgan fingerprint density at radius 3 is 3.05 bits per heavy atom. The zero-order valence-electron chi connectivity index (χ0n) is 10.3. The zero-order chi connectivity index (χ0) is 13.2. The Kier molecular flexibility index (Phi) is 2.75. The molecule has 0 spiro atoms. The van der Waals surface area contributed by atoms with Gasteiger partial charge in [-0.1, -0.05) is 23.4 Å².